The summed E-state index contributed by atoms with van der Waals surface area (Å²) in [4.78, 5) is 21.6. The number of carbonyl (C=O) groups excluding carboxylic acids is 1. The van der Waals surface area contributed by atoms with Gasteiger partial charge in [0.15, 0.2) is 5.78 Å². The van der Waals surface area contributed by atoms with Crippen molar-refractivity contribution in [3.8, 4) is 0 Å². The maximum Gasteiger partial charge on any atom is 0.333 e. The fourth-order valence-corrected chi connectivity index (χ4v) is 5.29. The van der Waals surface area contributed by atoms with Crippen molar-refractivity contribution in [1.82, 2.24) is 14.5 Å². The van der Waals surface area contributed by atoms with Gasteiger partial charge in [0.1, 0.15) is 18.3 Å². The monoisotopic (exact) mass is 579 g/mol. The van der Waals surface area contributed by atoms with Crippen LogP contribution in [0, 0.1) is 5.92 Å². The van der Waals surface area contributed by atoms with Gasteiger partial charge in [-0.3, -0.25) is 8.98 Å². The number of nitrogens with one attached hydrogen (secondary N) is 1. The van der Waals surface area contributed by atoms with E-state index in [4.69, 9.17) is 5.14 Å². The van der Waals surface area contributed by atoms with Gasteiger partial charge >= 0.3 is 10.3 Å². The highest BCUT2D eigenvalue weighted by molar-refractivity contribution is 9.10. The Hall–Kier alpha value is -2.67. The van der Waals surface area contributed by atoms with Crippen LogP contribution in [0.1, 0.15) is 46.9 Å². The third-order valence-corrected chi connectivity index (χ3v) is 7.14. The van der Waals surface area contributed by atoms with Gasteiger partial charge in [0.2, 0.25) is 0 Å². The van der Waals surface area contributed by atoms with E-state index in [0.717, 1.165) is 22.2 Å². The number of aromatic nitrogens is 3. The van der Waals surface area contributed by atoms with E-state index in [1.165, 1.54) is 12.5 Å². The number of ketones is 1. The molecule has 0 bridgehead atoms. The van der Waals surface area contributed by atoms with Gasteiger partial charge in [-0.15, -0.1) is 0 Å². The molecule has 9 nitrogen and oxygen atoms in total. The number of halogens is 2. The number of aryl methyl sites for hydroxylation is 1. The number of hydrogen-bond donors (Lipinski definition) is 2. The average molecular weight is 580 g/mol. The van der Waals surface area contributed by atoms with Crippen LogP contribution in [-0.4, -0.2) is 47.6 Å². The minimum Gasteiger partial charge on any atom is -0.364 e. The molecule has 4 rings (SSSR count). The van der Waals surface area contributed by atoms with E-state index in [-0.39, 0.29) is 36.1 Å². The number of nitrogens with two attached hydrogens (primary N) is 1. The Balaban J connectivity index is 1.51. The molecule has 1 aliphatic rings. The molecule has 3 atom stereocenters. The standard InChI is InChI=1S/C24H27BrFN5O4S/c1-2-19-9-17(12-31(19)11-15-4-3-5-18(25)6-15)23(32)20-10-28-14-29-24(20)30-22-8-16(7-21(22)26)13-35-36(27,33)34/h3-6,9-10,12,14,16,21-22H,2,7-8,11,13H2,1H3,(H2,27,33,34)(H,28,29,30). The molecule has 1 aromatic carbocycles. The van der Waals surface area contributed by atoms with Crippen molar-refractivity contribution in [2.45, 2.75) is 44.9 Å². The van der Waals surface area contributed by atoms with Crippen LogP contribution in [0.4, 0.5) is 10.2 Å². The smallest absolute Gasteiger partial charge is 0.333 e. The second-order valence-corrected chi connectivity index (χ2v) is 11.0. The lowest BCUT2D eigenvalue weighted by Gasteiger charge is -2.17. The molecule has 0 saturated heterocycles. The predicted molar refractivity (Wildman–Crippen MR) is 137 cm³/mol. The summed E-state index contributed by atoms with van der Waals surface area (Å²) < 4.78 is 44.4. The molecule has 3 N–H and O–H groups in total. The fourth-order valence-electron chi connectivity index (χ4n) is 4.46. The number of carbonyl (C=O) groups is 1. The molecule has 1 fully saturated rings. The number of hydrogen-bond acceptors (Lipinski definition) is 7. The first-order chi connectivity index (χ1) is 17.1. The van der Waals surface area contributed by atoms with Crippen LogP contribution < -0.4 is 10.5 Å². The number of anilines is 1. The summed E-state index contributed by atoms with van der Waals surface area (Å²) in [6.45, 7) is 2.44. The highest BCUT2D eigenvalue weighted by Gasteiger charge is 2.36. The Morgan fingerprint density at radius 2 is 2.14 bits per heavy atom. The molecule has 0 radical (unpaired) electrons. The van der Waals surface area contributed by atoms with E-state index >= 15 is 0 Å². The molecule has 2 aromatic heterocycles. The normalized spacial score (nSPS) is 19.9. The lowest BCUT2D eigenvalue weighted by Crippen LogP contribution is -2.27. The van der Waals surface area contributed by atoms with E-state index in [1.807, 2.05) is 48.0 Å². The molecule has 192 valence electrons. The maximum absolute atomic E-state index is 14.7. The number of alkyl halides is 1. The molecule has 3 aromatic rings. The summed E-state index contributed by atoms with van der Waals surface area (Å²) in [5.74, 6) is -0.382. The van der Waals surface area contributed by atoms with Gasteiger partial charge in [-0.1, -0.05) is 35.0 Å². The van der Waals surface area contributed by atoms with Crippen molar-refractivity contribution in [3.05, 3.63) is 75.9 Å². The van der Waals surface area contributed by atoms with Crippen molar-refractivity contribution in [1.29, 1.82) is 0 Å². The average Bonchev–Trinajstić information content (AvgIpc) is 3.40. The minimum absolute atomic E-state index is 0.111. The van der Waals surface area contributed by atoms with Crippen LogP contribution in [0.25, 0.3) is 0 Å². The summed E-state index contributed by atoms with van der Waals surface area (Å²) >= 11 is 3.49. The van der Waals surface area contributed by atoms with E-state index in [0.29, 0.717) is 18.5 Å². The first kappa shape index (κ1) is 26.4. The maximum atomic E-state index is 14.7. The number of benzene rings is 1. The van der Waals surface area contributed by atoms with Crippen LogP contribution >= 0.6 is 15.9 Å². The zero-order valence-electron chi connectivity index (χ0n) is 19.6. The van der Waals surface area contributed by atoms with Gasteiger partial charge in [0, 0.05) is 34.7 Å². The van der Waals surface area contributed by atoms with Gasteiger partial charge in [-0.25, -0.2) is 19.5 Å². The van der Waals surface area contributed by atoms with Crippen LogP contribution in [0.3, 0.4) is 0 Å². The Labute approximate surface area is 217 Å². The molecule has 2 heterocycles. The quantitative estimate of drug-likeness (QED) is 0.351. The number of rotatable bonds is 10. The zero-order valence-corrected chi connectivity index (χ0v) is 22.0. The fraction of sp³-hybridized carbons (Fsp3) is 0.375. The Morgan fingerprint density at radius 3 is 2.86 bits per heavy atom. The van der Waals surface area contributed by atoms with E-state index in [2.05, 4.69) is 35.4 Å². The highest BCUT2D eigenvalue weighted by atomic mass is 79.9. The SMILES string of the molecule is CCc1cc(C(=O)c2cncnc2NC2CC(COS(N)(=O)=O)CC2F)cn1Cc1cccc(Br)c1. The van der Waals surface area contributed by atoms with Crippen molar-refractivity contribution < 1.29 is 21.8 Å². The third kappa shape index (κ3) is 6.55. The Morgan fingerprint density at radius 1 is 1.33 bits per heavy atom. The summed E-state index contributed by atoms with van der Waals surface area (Å²) in [6, 6.07) is 9.17. The van der Waals surface area contributed by atoms with E-state index in [9.17, 15) is 17.6 Å². The number of nitrogens with zero attached hydrogens (tertiary/aromatic N) is 3. The zero-order chi connectivity index (χ0) is 25.9. The molecule has 3 unspecified atom stereocenters. The van der Waals surface area contributed by atoms with Crippen molar-refractivity contribution in [2.75, 3.05) is 11.9 Å². The molecule has 12 heteroatoms. The third-order valence-electron chi connectivity index (χ3n) is 6.18. The molecule has 0 spiro atoms. The van der Waals surface area contributed by atoms with Crippen LogP contribution in [0.2, 0.25) is 0 Å². The largest absolute Gasteiger partial charge is 0.364 e. The lowest BCUT2D eigenvalue weighted by molar-refractivity contribution is 0.103. The molecular formula is C24H27BrFN5O4S. The molecule has 36 heavy (non-hydrogen) atoms. The topological polar surface area (TPSA) is 129 Å². The Kier molecular flexibility index (Phi) is 8.18. The second kappa shape index (κ2) is 11.2. The molecule has 0 aliphatic heterocycles. The first-order valence-corrected chi connectivity index (χ1v) is 13.7. The summed E-state index contributed by atoms with van der Waals surface area (Å²) in [5.41, 5.74) is 2.82. The van der Waals surface area contributed by atoms with Gasteiger partial charge in [-0.2, -0.15) is 8.42 Å². The molecule has 1 aliphatic carbocycles. The second-order valence-electron chi connectivity index (χ2n) is 8.83. The van der Waals surface area contributed by atoms with Crippen LogP contribution in [0.5, 0.6) is 0 Å². The van der Waals surface area contributed by atoms with Crippen LogP contribution in [-0.2, 0) is 27.5 Å². The summed E-state index contributed by atoms with van der Waals surface area (Å²) in [5, 5.41) is 7.89. The van der Waals surface area contributed by atoms with Crippen molar-refractivity contribution in [2.24, 2.45) is 11.1 Å². The van der Waals surface area contributed by atoms with Crippen molar-refractivity contribution >= 4 is 37.8 Å². The highest BCUT2D eigenvalue weighted by Crippen LogP contribution is 2.32. The van der Waals surface area contributed by atoms with Gasteiger partial charge in [-0.05, 0) is 48.9 Å². The molecular weight excluding hydrogens is 553 g/mol. The van der Waals surface area contributed by atoms with Gasteiger partial charge < -0.3 is 9.88 Å². The van der Waals surface area contributed by atoms with Crippen LogP contribution in [0.15, 0.2) is 53.5 Å². The minimum atomic E-state index is -4.09. The molecule has 1 saturated carbocycles. The summed E-state index contributed by atoms with van der Waals surface area (Å²) in [6.07, 6.45) is 4.41. The Bertz CT molecular complexity index is 1350. The van der Waals surface area contributed by atoms with Gasteiger partial charge in [0.25, 0.3) is 0 Å². The van der Waals surface area contributed by atoms with E-state index < -0.39 is 22.5 Å². The van der Waals surface area contributed by atoms with Gasteiger partial charge in [0.05, 0.1) is 18.2 Å². The van der Waals surface area contributed by atoms with Crippen molar-refractivity contribution in [3.63, 3.8) is 0 Å². The predicted octanol–water partition coefficient (Wildman–Crippen LogP) is 3.63. The van der Waals surface area contributed by atoms with E-state index in [1.54, 1.807) is 0 Å². The first-order valence-electron chi connectivity index (χ1n) is 11.5. The summed E-state index contributed by atoms with van der Waals surface area (Å²) in [7, 11) is -4.09. The molecule has 0 amide bonds. The lowest BCUT2D eigenvalue weighted by atomic mass is 10.1.